The fraction of sp³-hybridized carbons (Fsp3) is 0.471. The predicted octanol–water partition coefficient (Wildman–Crippen LogP) is 0.779. The van der Waals surface area contributed by atoms with E-state index in [9.17, 15) is 9.59 Å². The molecule has 4 N–H and O–H groups in total. The molecular weight excluding hydrogens is 308 g/mol. The molecule has 7 heteroatoms. The van der Waals surface area contributed by atoms with Crippen LogP contribution in [0.15, 0.2) is 29.4 Å². The summed E-state index contributed by atoms with van der Waals surface area (Å²) < 4.78 is 5.46. The summed E-state index contributed by atoms with van der Waals surface area (Å²) in [6.07, 6.45) is 0.425. The number of ether oxygens (including phenoxy) is 1. The summed E-state index contributed by atoms with van der Waals surface area (Å²) in [5.74, 6) is 0.369. The molecule has 130 valence electrons. The Hall–Kier alpha value is -2.41. The standard InChI is InChI=1S/C17H24N4O3/c1-11-8-14(22)20-21-16(11)12-4-6-13(7-5-12)24-9-15(23)19-10-17(2,3)18/h4-7,11H,8-10,18H2,1-3H3,(H,19,23)(H,20,22)/t11-/m1/s1. The van der Waals surface area contributed by atoms with Crippen LogP contribution in [0.1, 0.15) is 32.8 Å². The minimum absolute atomic E-state index is 0.0657. The van der Waals surface area contributed by atoms with Crippen LogP contribution >= 0.6 is 0 Å². The Morgan fingerprint density at radius 3 is 2.67 bits per heavy atom. The number of nitrogens with zero attached hydrogens (tertiary/aromatic N) is 1. The molecule has 0 radical (unpaired) electrons. The molecule has 0 fully saturated rings. The number of hydrogen-bond acceptors (Lipinski definition) is 5. The molecule has 1 aliphatic heterocycles. The fourth-order valence-corrected chi connectivity index (χ4v) is 2.25. The molecule has 0 saturated heterocycles. The van der Waals surface area contributed by atoms with E-state index in [1.54, 1.807) is 12.1 Å². The quantitative estimate of drug-likeness (QED) is 0.715. The zero-order valence-electron chi connectivity index (χ0n) is 14.3. The van der Waals surface area contributed by atoms with Gasteiger partial charge in [0.1, 0.15) is 5.75 Å². The molecule has 1 atom stereocenters. The van der Waals surface area contributed by atoms with Crippen LogP contribution in [0.5, 0.6) is 5.75 Å². The molecule has 0 spiro atoms. The van der Waals surface area contributed by atoms with Crippen molar-refractivity contribution in [2.75, 3.05) is 13.2 Å². The Kier molecular flexibility index (Phi) is 5.56. The van der Waals surface area contributed by atoms with Crippen molar-refractivity contribution in [3.63, 3.8) is 0 Å². The molecule has 1 aromatic carbocycles. The number of carbonyl (C=O) groups excluding carboxylic acids is 2. The summed E-state index contributed by atoms with van der Waals surface area (Å²) in [5, 5.41) is 6.83. The molecule has 1 aliphatic rings. The number of amides is 2. The number of benzene rings is 1. The van der Waals surface area contributed by atoms with Gasteiger partial charge >= 0.3 is 0 Å². The summed E-state index contributed by atoms with van der Waals surface area (Å²) in [4.78, 5) is 23.0. The summed E-state index contributed by atoms with van der Waals surface area (Å²) in [5.41, 5.74) is 9.61. The van der Waals surface area contributed by atoms with E-state index in [0.29, 0.717) is 18.7 Å². The third-order valence-electron chi connectivity index (χ3n) is 3.52. The van der Waals surface area contributed by atoms with Gasteiger partial charge in [0.15, 0.2) is 6.61 Å². The first-order chi connectivity index (χ1) is 11.2. The third-order valence-corrected chi connectivity index (χ3v) is 3.52. The van der Waals surface area contributed by atoms with Gasteiger partial charge in [-0.2, -0.15) is 5.10 Å². The molecule has 24 heavy (non-hydrogen) atoms. The first-order valence-electron chi connectivity index (χ1n) is 7.90. The number of carbonyl (C=O) groups is 2. The fourth-order valence-electron chi connectivity index (χ4n) is 2.25. The Labute approximate surface area is 141 Å². The SMILES string of the molecule is C[C@@H]1CC(=O)NN=C1c1ccc(OCC(=O)NCC(C)(C)N)cc1. The van der Waals surface area contributed by atoms with Gasteiger partial charge in [-0.05, 0) is 43.7 Å². The van der Waals surface area contributed by atoms with Crippen molar-refractivity contribution < 1.29 is 14.3 Å². The van der Waals surface area contributed by atoms with Crippen LogP contribution in [0.2, 0.25) is 0 Å². The first-order valence-corrected chi connectivity index (χ1v) is 7.90. The Balaban J connectivity index is 1.88. The number of rotatable bonds is 6. The lowest BCUT2D eigenvalue weighted by Crippen LogP contribution is -2.46. The van der Waals surface area contributed by atoms with E-state index < -0.39 is 5.54 Å². The Bertz CT molecular complexity index is 632. The van der Waals surface area contributed by atoms with E-state index in [1.165, 1.54) is 0 Å². The number of hydrazone groups is 1. The van der Waals surface area contributed by atoms with Crippen molar-refractivity contribution in [3.05, 3.63) is 29.8 Å². The van der Waals surface area contributed by atoms with Crippen molar-refractivity contribution in [1.29, 1.82) is 0 Å². The van der Waals surface area contributed by atoms with Gasteiger partial charge in [-0.1, -0.05) is 6.92 Å². The summed E-state index contributed by atoms with van der Waals surface area (Å²) in [6, 6.07) is 7.29. The van der Waals surface area contributed by atoms with Crippen LogP contribution in [-0.2, 0) is 9.59 Å². The van der Waals surface area contributed by atoms with E-state index >= 15 is 0 Å². The van der Waals surface area contributed by atoms with Crippen molar-refractivity contribution in [2.45, 2.75) is 32.7 Å². The largest absolute Gasteiger partial charge is 0.484 e. The molecule has 0 aliphatic carbocycles. The minimum Gasteiger partial charge on any atom is -0.484 e. The average molecular weight is 332 g/mol. The molecule has 0 bridgehead atoms. The summed E-state index contributed by atoms with van der Waals surface area (Å²) in [6.45, 7) is 5.96. The van der Waals surface area contributed by atoms with Crippen molar-refractivity contribution in [1.82, 2.24) is 10.7 Å². The maximum Gasteiger partial charge on any atom is 0.258 e. The van der Waals surface area contributed by atoms with Crippen molar-refractivity contribution in [2.24, 2.45) is 16.8 Å². The van der Waals surface area contributed by atoms with E-state index in [4.69, 9.17) is 10.5 Å². The van der Waals surface area contributed by atoms with Gasteiger partial charge in [0.25, 0.3) is 5.91 Å². The molecule has 0 saturated carbocycles. The molecule has 7 nitrogen and oxygen atoms in total. The number of hydrogen-bond donors (Lipinski definition) is 3. The highest BCUT2D eigenvalue weighted by Crippen LogP contribution is 2.19. The lowest BCUT2D eigenvalue weighted by Gasteiger charge is -2.19. The monoisotopic (exact) mass is 332 g/mol. The second-order valence-electron chi connectivity index (χ2n) is 6.72. The van der Waals surface area contributed by atoms with E-state index in [-0.39, 0.29) is 24.3 Å². The third kappa shape index (κ3) is 5.34. The maximum atomic E-state index is 11.7. The summed E-state index contributed by atoms with van der Waals surface area (Å²) in [7, 11) is 0. The first kappa shape index (κ1) is 17.9. The van der Waals surface area contributed by atoms with Crippen molar-refractivity contribution in [3.8, 4) is 5.75 Å². The van der Waals surface area contributed by atoms with E-state index in [0.717, 1.165) is 11.3 Å². The zero-order chi connectivity index (χ0) is 17.7. The highest BCUT2D eigenvalue weighted by molar-refractivity contribution is 6.05. The van der Waals surface area contributed by atoms with Crippen LogP contribution in [-0.4, -0.2) is 36.2 Å². The van der Waals surface area contributed by atoms with Crippen LogP contribution in [0.3, 0.4) is 0 Å². The maximum absolute atomic E-state index is 11.7. The van der Waals surface area contributed by atoms with Crippen LogP contribution in [0.4, 0.5) is 0 Å². The van der Waals surface area contributed by atoms with Crippen LogP contribution < -0.4 is 21.2 Å². The normalized spacial score (nSPS) is 17.8. The highest BCUT2D eigenvalue weighted by atomic mass is 16.5. The average Bonchev–Trinajstić information content (AvgIpc) is 2.51. The molecule has 1 aromatic rings. The lowest BCUT2D eigenvalue weighted by molar-refractivity contribution is -0.123. The van der Waals surface area contributed by atoms with E-state index in [1.807, 2.05) is 32.9 Å². The Morgan fingerprint density at radius 2 is 2.08 bits per heavy atom. The van der Waals surface area contributed by atoms with Crippen LogP contribution in [0, 0.1) is 5.92 Å². The van der Waals surface area contributed by atoms with Gasteiger partial charge in [0.05, 0.1) is 5.71 Å². The molecule has 1 heterocycles. The van der Waals surface area contributed by atoms with Crippen LogP contribution in [0.25, 0.3) is 0 Å². The second-order valence-corrected chi connectivity index (χ2v) is 6.72. The molecule has 2 rings (SSSR count). The lowest BCUT2D eigenvalue weighted by atomic mass is 9.94. The van der Waals surface area contributed by atoms with Crippen molar-refractivity contribution >= 4 is 17.5 Å². The van der Waals surface area contributed by atoms with Gasteiger partial charge in [0.2, 0.25) is 5.91 Å². The molecule has 2 amide bonds. The van der Waals surface area contributed by atoms with Gasteiger partial charge in [-0.25, -0.2) is 5.43 Å². The van der Waals surface area contributed by atoms with Gasteiger partial charge < -0.3 is 15.8 Å². The number of nitrogens with one attached hydrogen (secondary N) is 2. The molecular formula is C17H24N4O3. The smallest absolute Gasteiger partial charge is 0.258 e. The Morgan fingerprint density at radius 1 is 1.42 bits per heavy atom. The number of nitrogens with two attached hydrogens (primary N) is 1. The van der Waals surface area contributed by atoms with Gasteiger partial charge in [-0.3, -0.25) is 9.59 Å². The highest BCUT2D eigenvalue weighted by Gasteiger charge is 2.21. The minimum atomic E-state index is -0.454. The molecule has 0 aromatic heterocycles. The predicted molar refractivity (Wildman–Crippen MR) is 91.7 cm³/mol. The van der Waals surface area contributed by atoms with Gasteiger partial charge in [0, 0.05) is 24.4 Å². The van der Waals surface area contributed by atoms with E-state index in [2.05, 4.69) is 15.8 Å². The second kappa shape index (κ2) is 7.44. The topological polar surface area (TPSA) is 106 Å². The molecule has 0 unspecified atom stereocenters. The zero-order valence-corrected chi connectivity index (χ0v) is 14.3. The summed E-state index contributed by atoms with van der Waals surface area (Å²) >= 11 is 0. The van der Waals surface area contributed by atoms with Gasteiger partial charge in [-0.15, -0.1) is 0 Å².